The van der Waals surface area contributed by atoms with E-state index in [9.17, 15) is 19.5 Å². The molecule has 0 aromatic rings. The third-order valence-corrected chi connectivity index (χ3v) is 10.3. The average Bonchev–Trinajstić information content (AvgIpc) is 3.22. The number of allylic oxidation sites excluding steroid dienone is 14. The molecule has 0 saturated carbocycles. The lowest BCUT2D eigenvalue weighted by Gasteiger charge is -2.31. The van der Waals surface area contributed by atoms with Gasteiger partial charge >= 0.3 is 17.9 Å². The van der Waals surface area contributed by atoms with Crippen LogP contribution in [-0.4, -0.2) is 80.6 Å². The number of rotatable bonds is 42. The molecule has 0 amide bonds. The SMILES string of the molecule is CC/C=C/C/C=C/C/C=C/C/C=C/CCCCCCCCCCCCC(=O)OC(COCCC(C(=O)O)[N+](C)(C)C)COC(=O)CCCCCC/C=C/C/C=C/C/C=C/CC. The molecular formula is C53H90NO7+. The highest BCUT2D eigenvalue weighted by atomic mass is 16.6. The normalized spacial score (nSPS) is 13.7. The van der Waals surface area contributed by atoms with Gasteiger partial charge in [-0.25, -0.2) is 4.79 Å². The van der Waals surface area contributed by atoms with E-state index in [1.807, 2.05) is 21.1 Å². The molecule has 0 aliphatic carbocycles. The Balaban J connectivity index is 4.29. The van der Waals surface area contributed by atoms with Crippen molar-refractivity contribution in [2.75, 3.05) is 41.0 Å². The minimum absolute atomic E-state index is 0.0478. The Morgan fingerprint density at radius 2 is 0.869 bits per heavy atom. The molecule has 0 aromatic heterocycles. The molecule has 2 unspecified atom stereocenters. The minimum atomic E-state index is -0.882. The van der Waals surface area contributed by atoms with E-state index < -0.39 is 18.1 Å². The maximum atomic E-state index is 12.8. The second-order valence-electron chi connectivity index (χ2n) is 17.0. The van der Waals surface area contributed by atoms with Crippen LogP contribution in [0.25, 0.3) is 0 Å². The Morgan fingerprint density at radius 3 is 1.28 bits per heavy atom. The van der Waals surface area contributed by atoms with Gasteiger partial charge in [0.25, 0.3) is 0 Å². The van der Waals surface area contributed by atoms with E-state index in [0.717, 1.165) is 96.3 Å². The molecule has 0 aliphatic rings. The molecule has 0 heterocycles. The van der Waals surface area contributed by atoms with Crippen molar-refractivity contribution in [3.8, 4) is 0 Å². The Bertz CT molecular complexity index is 1270. The van der Waals surface area contributed by atoms with Crippen LogP contribution in [0.15, 0.2) is 85.1 Å². The second kappa shape index (κ2) is 43.2. The topological polar surface area (TPSA) is 99.1 Å². The van der Waals surface area contributed by atoms with Crippen LogP contribution in [0.3, 0.4) is 0 Å². The number of carboxylic acids is 1. The van der Waals surface area contributed by atoms with Crippen LogP contribution in [0.4, 0.5) is 0 Å². The van der Waals surface area contributed by atoms with E-state index in [1.165, 1.54) is 51.4 Å². The fraction of sp³-hybridized carbons (Fsp3) is 0.679. The zero-order valence-electron chi connectivity index (χ0n) is 39.6. The Kier molecular flexibility index (Phi) is 40.7. The Morgan fingerprint density at radius 1 is 0.492 bits per heavy atom. The number of likely N-dealkylation sites (N-methyl/N-ethyl adjacent to an activating group) is 1. The van der Waals surface area contributed by atoms with Crippen molar-refractivity contribution < 1.29 is 38.2 Å². The third-order valence-electron chi connectivity index (χ3n) is 10.3. The van der Waals surface area contributed by atoms with Gasteiger partial charge in [-0.15, -0.1) is 0 Å². The van der Waals surface area contributed by atoms with Gasteiger partial charge in [0.2, 0.25) is 0 Å². The van der Waals surface area contributed by atoms with Crippen LogP contribution in [0.1, 0.15) is 181 Å². The molecule has 0 rings (SSSR count). The summed E-state index contributed by atoms with van der Waals surface area (Å²) < 4.78 is 17.3. The van der Waals surface area contributed by atoms with E-state index >= 15 is 0 Å². The highest BCUT2D eigenvalue weighted by molar-refractivity contribution is 5.72. The zero-order chi connectivity index (χ0) is 44.9. The number of carboxylic acid groups (broad SMARTS) is 1. The van der Waals surface area contributed by atoms with Crippen LogP contribution in [-0.2, 0) is 28.6 Å². The summed E-state index contributed by atoms with van der Waals surface area (Å²) >= 11 is 0. The maximum absolute atomic E-state index is 12.8. The smallest absolute Gasteiger partial charge is 0.362 e. The molecule has 0 radical (unpaired) electrons. The first-order valence-corrected chi connectivity index (χ1v) is 24.1. The van der Waals surface area contributed by atoms with Gasteiger partial charge in [0.1, 0.15) is 6.61 Å². The fourth-order valence-electron chi connectivity index (χ4n) is 6.63. The monoisotopic (exact) mass is 853 g/mol. The van der Waals surface area contributed by atoms with Crippen molar-refractivity contribution in [1.29, 1.82) is 0 Å². The van der Waals surface area contributed by atoms with Crippen LogP contribution in [0.2, 0.25) is 0 Å². The van der Waals surface area contributed by atoms with E-state index in [1.54, 1.807) is 0 Å². The molecular weight excluding hydrogens is 763 g/mol. The summed E-state index contributed by atoms with van der Waals surface area (Å²) in [5.41, 5.74) is 0. The van der Waals surface area contributed by atoms with Gasteiger partial charge in [-0.05, 0) is 83.5 Å². The molecule has 8 nitrogen and oxygen atoms in total. The van der Waals surface area contributed by atoms with Crippen LogP contribution < -0.4 is 0 Å². The van der Waals surface area contributed by atoms with E-state index in [-0.39, 0.29) is 36.2 Å². The number of ether oxygens (including phenoxy) is 3. The lowest BCUT2D eigenvalue weighted by atomic mass is 10.0. The predicted molar refractivity (Wildman–Crippen MR) is 256 cm³/mol. The standard InChI is InChI=1S/C53H89NO7/c1-6-8-10-12-14-16-18-20-22-23-24-25-26-27-28-29-30-32-34-36-38-40-42-44-52(56)61-49(47-59-46-45-50(53(57)58)54(3,4)5)48-60-51(55)43-41-39-37-35-33-31-21-19-17-15-13-11-9-7-2/h8-11,14-17,20-22,24-25,31,49-50H,6-7,12-13,18-19,23,26-30,32-48H2,1-5H3/p+1/b10-8+,11-9+,16-14+,17-15+,22-20+,25-24+,31-21+. The van der Waals surface area contributed by atoms with Crippen molar-refractivity contribution in [2.24, 2.45) is 0 Å². The first-order chi connectivity index (χ1) is 29.6. The second-order valence-corrected chi connectivity index (χ2v) is 17.0. The largest absolute Gasteiger partial charge is 0.477 e. The van der Waals surface area contributed by atoms with Gasteiger partial charge in [0, 0.05) is 19.3 Å². The number of esters is 2. The molecule has 0 bridgehead atoms. The van der Waals surface area contributed by atoms with Crippen LogP contribution >= 0.6 is 0 Å². The first-order valence-electron chi connectivity index (χ1n) is 24.1. The summed E-state index contributed by atoms with van der Waals surface area (Å²) in [6.07, 6.45) is 56.3. The summed E-state index contributed by atoms with van der Waals surface area (Å²) in [6.45, 7) is 4.48. The van der Waals surface area contributed by atoms with Gasteiger partial charge in [0.15, 0.2) is 12.1 Å². The first kappa shape index (κ1) is 57.5. The molecule has 8 heteroatoms. The summed E-state index contributed by atoms with van der Waals surface area (Å²) in [5.74, 6) is -1.51. The molecule has 0 aliphatic heterocycles. The molecule has 1 N–H and O–H groups in total. The quantitative estimate of drug-likeness (QED) is 0.0283. The minimum Gasteiger partial charge on any atom is -0.477 e. The van der Waals surface area contributed by atoms with Crippen molar-refractivity contribution in [3.63, 3.8) is 0 Å². The van der Waals surface area contributed by atoms with Gasteiger partial charge < -0.3 is 23.8 Å². The number of quaternary nitrogens is 1. The summed E-state index contributed by atoms with van der Waals surface area (Å²) in [7, 11) is 5.52. The Labute approximate surface area is 373 Å². The zero-order valence-corrected chi connectivity index (χ0v) is 39.6. The lowest BCUT2D eigenvalue weighted by Crippen LogP contribution is -2.50. The summed E-state index contributed by atoms with van der Waals surface area (Å²) in [4.78, 5) is 37.1. The highest BCUT2D eigenvalue weighted by Gasteiger charge is 2.31. The summed E-state index contributed by atoms with van der Waals surface area (Å²) in [6, 6.07) is -0.623. The predicted octanol–water partition coefficient (Wildman–Crippen LogP) is 13.7. The average molecular weight is 853 g/mol. The van der Waals surface area contributed by atoms with Gasteiger partial charge in [-0.1, -0.05) is 163 Å². The van der Waals surface area contributed by atoms with Crippen LogP contribution in [0, 0.1) is 0 Å². The van der Waals surface area contributed by atoms with Gasteiger partial charge in [0.05, 0.1) is 34.4 Å². The van der Waals surface area contributed by atoms with Gasteiger partial charge in [-0.2, -0.15) is 0 Å². The number of hydrogen-bond acceptors (Lipinski definition) is 6. The van der Waals surface area contributed by atoms with E-state index in [4.69, 9.17) is 14.2 Å². The molecule has 0 saturated heterocycles. The highest BCUT2D eigenvalue weighted by Crippen LogP contribution is 2.14. The van der Waals surface area contributed by atoms with Crippen molar-refractivity contribution >= 4 is 17.9 Å². The van der Waals surface area contributed by atoms with E-state index in [2.05, 4.69) is 98.9 Å². The van der Waals surface area contributed by atoms with Gasteiger partial charge in [-0.3, -0.25) is 9.59 Å². The van der Waals surface area contributed by atoms with Crippen LogP contribution in [0.5, 0.6) is 0 Å². The molecule has 348 valence electrons. The number of nitrogens with zero attached hydrogens (tertiary/aromatic N) is 1. The molecule has 2 atom stereocenters. The molecule has 0 spiro atoms. The van der Waals surface area contributed by atoms with Crippen molar-refractivity contribution in [3.05, 3.63) is 85.1 Å². The molecule has 0 aromatic carbocycles. The van der Waals surface area contributed by atoms with Crippen molar-refractivity contribution in [2.45, 2.75) is 193 Å². The lowest BCUT2D eigenvalue weighted by molar-refractivity contribution is -0.887. The molecule has 0 fully saturated rings. The maximum Gasteiger partial charge on any atom is 0.362 e. The fourth-order valence-corrected chi connectivity index (χ4v) is 6.63. The molecule has 61 heavy (non-hydrogen) atoms. The van der Waals surface area contributed by atoms with Crippen molar-refractivity contribution in [1.82, 2.24) is 0 Å². The number of unbranched alkanes of at least 4 members (excludes halogenated alkanes) is 14. The third kappa shape index (κ3) is 41.6. The Hall–Kier alpha value is -3.49. The number of carbonyl (C=O) groups is 3. The summed E-state index contributed by atoms with van der Waals surface area (Å²) in [5, 5.41) is 9.64. The number of carbonyl (C=O) groups excluding carboxylic acids is 2. The number of hydrogen-bond donors (Lipinski definition) is 1. The number of aliphatic carboxylic acids is 1. The van der Waals surface area contributed by atoms with E-state index in [0.29, 0.717) is 19.3 Å².